The molecule has 2 aromatic carbocycles. The monoisotopic (exact) mass is 474 g/mol. The van der Waals surface area contributed by atoms with Gasteiger partial charge in [0.15, 0.2) is 0 Å². The molecule has 0 aromatic heterocycles. The van der Waals surface area contributed by atoms with Crippen LogP contribution < -0.4 is 5.32 Å². The Balaban J connectivity index is 1.50. The van der Waals surface area contributed by atoms with E-state index in [9.17, 15) is 28.1 Å². The van der Waals surface area contributed by atoms with Gasteiger partial charge >= 0.3 is 0 Å². The van der Waals surface area contributed by atoms with Crippen LogP contribution in [-0.2, 0) is 26.0 Å². The molecule has 1 aliphatic heterocycles. The van der Waals surface area contributed by atoms with Gasteiger partial charge in [-0.15, -0.1) is 0 Å². The summed E-state index contributed by atoms with van der Waals surface area (Å²) in [5, 5.41) is 13.8. The van der Waals surface area contributed by atoms with Gasteiger partial charge in [0, 0.05) is 51.3 Å². The third kappa shape index (κ3) is 6.14. The van der Waals surface area contributed by atoms with Crippen molar-refractivity contribution < 1.29 is 22.9 Å². The number of nitro benzene ring substituents is 1. The molecule has 0 bridgehead atoms. The number of carbonyl (C=O) groups is 2. The summed E-state index contributed by atoms with van der Waals surface area (Å²) in [4.78, 5) is 36.3. The summed E-state index contributed by atoms with van der Waals surface area (Å²) < 4.78 is 27.3. The van der Waals surface area contributed by atoms with Gasteiger partial charge in [-0.3, -0.25) is 19.7 Å². The number of non-ortho nitro benzene ring substituents is 1. The van der Waals surface area contributed by atoms with Crippen molar-refractivity contribution in [1.82, 2.24) is 14.5 Å². The van der Waals surface area contributed by atoms with Gasteiger partial charge in [-0.2, -0.15) is 4.31 Å². The molecule has 3 rings (SSSR count). The number of nitrogens with zero attached hydrogens (tertiary/aromatic N) is 3. The summed E-state index contributed by atoms with van der Waals surface area (Å²) >= 11 is 0. The second kappa shape index (κ2) is 10.5. The summed E-state index contributed by atoms with van der Waals surface area (Å²) in [6.07, 6.45) is 0.361. The van der Waals surface area contributed by atoms with E-state index in [2.05, 4.69) is 5.32 Å². The fourth-order valence-corrected chi connectivity index (χ4v) is 5.27. The number of nitro groups is 1. The Kier molecular flexibility index (Phi) is 7.77. The van der Waals surface area contributed by atoms with Crippen molar-refractivity contribution in [3.8, 4) is 0 Å². The summed E-state index contributed by atoms with van der Waals surface area (Å²) in [5.74, 6) is -0.337. The molecule has 0 atom stereocenters. The first-order valence-corrected chi connectivity index (χ1v) is 12.0. The van der Waals surface area contributed by atoms with Crippen LogP contribution in [-0.4, -0.2) is 67.1 Å². The van der Waals surface area contributed by atoms with Gasteiger partial charge in [0.1, 0.15) is 0 Å². The first-order chi connectivity index (χ1) is 15.7. The Labute approximate surface area is 192 Å². The largest absolute Gasteiger partial charge is 0.355 e. The highest BCUT2D eigenvalue weighted by atomic mass is 32.2. The average molecular weight is 475 g/mol. The smallest absolute Gasteiger partial charge is 0.270 e. The zero-order valence-corrected chi connectivity index (χ0v) is 19.1. The maximum absolute atomic E-state index is 13.0. The number of nitrogens with one attached hydrogen (secondary N) is 1. The van der Waals surface area contributed by atoms with Crippen LogP contribution >= 0.6 is 0 Å². The number of piperazine rings is 1. The number of sulfonamides is 1. The molecular weight excluding hydrogens is 448 g/mol. The molecule has 1 saturated heterocycles. The van der Waals surface area contributed by atoms with Gasteiger partial charge in [0.05, 0.1) is 16.2 Å². The Morgan fingerprint density at radius 1 is 1.06 bits per heavy atom. The van der Waals surface area contributed by atoms with Crippen LogP contribution in [0.4, 0.5) is 5.69 Å². The maximum atomic E-state index is 13.0. The maximum Gasteiger partial charge on any atom is 0.270 e. The Hall–Kier alpha value is -3.31. The van der Waals surface area contributed by atoms with E-state index in [1.165, 1.54) is 16.4 Å². The Morgan fingerprint density at radius 2 is 1.73 bits per heavy atom. The lowest BCUT2D eigenvalue weighted by Crippen LogP contribution is -2.51. The van der Waals surface area contributed by atoms with Crippen molar-refractivity contribution in [3.05, 3.63) is 69.8 Å². The van der Waals surface area contributed by atoms with Gasteiger partial charge in [-0.05, 0) is 18.1 Å². The van der Waals surface area contributed by atoms with E-state index in [1.807, 2.05) is 30.3 Å². The number of carbonyl (C=O) groups excluding carboxylic acids is 2. The Bertz CT molecular complexity index is 1130. The van der Waals surface area contributed by atoms with Crippen LogP contribution in [0.5, 0.6) is 0 Å². The summed E-state index contributed by atoms with van der Waals surface area (Å²) in [6, 6.07) is 13.0. The van der Waals surface area contributed by atoms with Crippen molar-refractivity contribution in [2.24, 2.45) is 0 Å². The molecule has 1 fully saturated rings. The van der Waals surface area contributed by atoms with Crippen molar-refractivity contribution in [1.29, 1.82) is 0 Å². The molecule has 10 nitrogen and oxygen atoms in total. The van der Waals surface area contributed by atoms with Crippen molar-refractivity contribution >= 4 is 27.5 Å². The molecule has 1 N–H and O–H groups in total. The fraction of sp³-hybridized carbons (Fsp3) is 0.364. The molecule has 33 heavy (non-hydrogen) atoms. The molecule has 0 radical (unpaired) electrons. The molecule has 1 aliphatic rings. The van der Waals surface area contributed by atoms with E-state index >= 15 is 0 Å². The molecule has 2 amide bonds. The standard InChI is InChI=1S/C22H26N4O6S/c1-17-7-8-19(26(29)30)16-20(17)33(31,32)25-13-11-24(12-14-25)22(28)9-10-23-21(27)15-18-5-3-2-4-6-18/h2-8,16H,9-15H2,1H3,(H,23,27). The molecular formula is C22H26N4O6S. The van der Waals surface area contributed by atoms with Crippen molar-refractivity contribution in [3.63, 3.8) is 0 Å². The van der Waals surface area contributed by atoms with E-state index in [-0.39, 0.29) is 68.0 Å². The predicted octanol–water partition coefficient (Wildman–Crippen LogP) is 1.49. The molecule has 176 valence electrons. The molecule has 0 unspecified atom stereocenters. The molecule has 0 aliphatic carbocycles. The third-order valence-electron chi connectivity index (χ3n) is 5.46. The molecule has 2 aromatic rings. The lowest BCUT2D eigenvalue weighted by molar-refractivity contribution is -0.385. The highest BCUT2D eigenvalue weighted by molar-refractivity contribution is 7.89. The minimum atomic E-state index is -3.92. The topological polar surface area (TPSA) is 130 Å². The highest BCUT2D eigenvalue weighted by Gasteiger charge is 2.32. The fourth-order valence-electron chi connectivity index (χ4n) is 3.61. The number of hydrogen-bond donors (Lipinski definition) is 1. The van der Waals surface area contributed by atoms with Crippen LogP contribution in [0.15, 0.2) is 53.4 Å². The van der Waals surface area contributed by atoms with E-state index in [4.69, 9.17) is 0 Å². The quantitative estimate of drug-likeness (QED) is 0.456. The van der Waals surface area contributed by atoms with Crippen LogP contribution in [0.3, 0.4) is 0 Å². The predicted molar refractivity (Wildman–Crippen MR) is 121 cm³/mol. The zero-order chi connectivity index (χ0) is 24.0. The van der Waals surface area contributed by atoms with Crippen LogP contribution in [0.1, 0.15) is 17.5 Å². The van der Waals surface area contributed by atoms with Crippen molar-refractivity contribution in [2.75, 3.05) is 32.7 Å². The van der Waals surface area contributed by atoms with Crippen LogP contribution in [0, 0.1) is 17.0 Å². The van der Waals surface area contributed by atoms with E-state index in [0.29, 0.717) is 5.56 Å². The SMILES string of the molecule is Cc1ccc([N+](=O)[O-])cc1S(=O)(=O)N1CCN(C(=O)CCNC(=O)Cc2ccccc2)CC1. The summed E-state index contributed by atoms with van der Waals surface area (Å²) in [5.41, 5.74) is 1.02. The van der Waals surface area contributed by atoms with Gasteiger partial charge in [-0.1, -0.05) is 36.4 Å². The molecule has 0 saturated carbocycles. The Morgan fingerprint density at radius 3 is 2.36 bits per heavy atom. The van der Waals surface area contributed by atoms with Gasteiger partial charge in [-0.25, -0.2) is 8.42 Å². The minimum absolute atomic E-state index is 0.0938. The number of amides is 2. The lowest BCUT2D eigenvalue weighted by atomic mass is 10.1. The van der Waals surface area contributed by atoms with E-state index in [0.717, 1.165) is 11.6 Å². The normalized spacial score (nSPS) is 14.6. The van der Waals surface area contributed by atoms with Gasteiger partial charge in [0.25, 0.3) is 5.69 Å². The van der Waals surface area contributed by atoms with Gasteiger partial charge < -0.3 is 10.2 Å². The third-order valence-corrected chi connectivity index (χ3v) is 7.50. The number of aryl methyl sites for hydroxylation is 1. The van der Waals surface area contributed by atoms with Crippen LogP contribution in [0.2, 0.25) is 0 Å². The molecule has 1 heterocycles. The first-order valence-electron chi connectivity index (χ1n) is 10.5. The summed E-state index contributed by atoms with van der Waals surface area (Å²) in [6.45, 7) is 2.40. The van der Waals surface area contributed by atoms with Crippen LogP contribution in [0.25, 0.3) is 0 Å². The average Bonchev–Trinajstić information content (AvgIpc) is 2.79. The minimum Gasteiger partial charge on any atom is -0.355 e. The lowest BCUT2D eigenvalue weighted by Gasteiger charge is -2.34. The summed E-state index contributed by atoms with van der Waals surface area (Å²) in [7, 11) is -3.92. The second-order valence-electron chi connectivity index (χ2n) is 7.75. The van der Waals surface area contributed by atoms with Gasteiger partial charge in [0.2, 0.25) is 21.8 Å². The second-order valence-corrected chi connectivity index (χ2v) is 9.66. The van der Waals surface area contributed by atoms with E-state index < -0.39 is 14.9 Å². The first kappa shape index (κ1) is 24.3. The highest BCUT2D eigenvalue weighted by Crippen LogP contribution is 2.25. The molecule has 11 heteroatoms. The van der Waals surface area contributed by atoms with Crippen molar-refractivity contribution in [2.45, 2.75) is 24.7 Å². The number of rotatable bonds is 8. The zero-order valence-electron chi connectivity index (χ0n) is 18.3. The number of benzene rings is 2. The molecule has 0 spiro atoms. The number of hydrogen-bond acceptors (Lipinski definition) is 6. The van der Waals surface area contributed by atoms with E-state index in [1.54, 1.807) is 11.8 Å².